The average molecular weight is 375 g/mol. The van der Waals surface area contributed by atoms with E-state index < -0.39 is 16.1 Å². The molecule has 1 amide bonds. The second kappa shape index (κ2) is 7.72. The zero-order valence-electron chi connectivity index (χ0n) is 14.1. The lowest BCUT2D eigenvalue weighted by Gasteiger charge is -2.33. The Morgan fingerprint density at radius 2 is 2.00 bits per heavy atom. The number of aryl methyl sites for hydroxylation is 1. The fraction of sp³-hybridized carbons (Fsp3) is 0.562. The van der Waals surface area contributed by atoms with Crippen LogP contribution < -0.4 is 9.46 Å². The Labute approximate surface area is 148 Å². The molecule has 6 nitrogen and oxygen atoms in total. The quantitative estimate of drug-likeness (QED) is 0.854. The first-order valence-corrected chi connectivity index (χ1v) is 10.1. The molecule has 1 aliphatic heterocycles. The lowest BCUT2D eigenvalue weighted by molar-refractivity contribution is -0.139. The molecule has 1 aliphatic rings. The van der Waals surface area contributed by atoms with Crippen molar-refractivity contribution in [3.63, 3.8) is 0 Å². The number of rotatable bonds is 5. The molecule has 8 heteroatoms. The first-order valence-electron chi connectivity index (χ1n) is 7.84. The zero-order valence-corrected chi connectivity index (χ0v) is 15.7. The molecule has 1 heterocycles. The van der Waals surface area contributed by atoms with Crippen LogP contribution in [0.5, 0.6) is 5.75 Å². The average Bonchev–Trinajstić information content (AvgIpc) is 2.49. The van der Waals surface area contributed by atoms with Crippen LogP contribution in [0.25, 0.3) is 0 Å². The van der Waals surface area contributed by atoms with E-state index in [0.717, 1.165) is 11.8 Å². The van der Waals surface area contributed by atoms with Gasteiger partial charge in [0, 0.05) is 19.1 Å². The third kappa shape index (κ3) is 5.36. The number of nitrogens with one attached hydrogen (secondary N) is 1. The van der Waals surface area contributed by atoms with Gasteiger partial charge in [-0.3, -0.25) is 4.79 Å². The molecule has 1 atom stereocenters. The van der Waals surface area contributed by atoms with E-state index in [1.807, 2.05) is 13.0 Å². The first kappa shape index (κ1) is 19.0. The molecule has 2 rings (SSSR count). The number of carbonyl (C=O) groups excluding carboxylic acids is 1. The van der Waals surface area contributed by atoms with Crippen LogP contribution in [0.4, 0.5) is 0 Å². The first-order chi connectivity index (χ1) is 11.2. The third-order valence-electron chi connectivity index (χ3n) is 3.93. The van der Waals surface area contributed by atoms with E-state index in [2.05, 4.69) is 4.72 Å². The highest BCUT2D eigenvalue weighted by Gasteiger charge is 2.28. The van der Waals surface area contributed by atoms with Gasteiger partial charge in [-0.2, -0.15) is 0 Å². The molecular formula is C16H23ClN2O4S. The molecule has 0 radical (unpaired) electrons. The Hall–Kier alpha value is -1.31. The van der Waals surface area contributed by atoms with E-state index in [9.17, 15) is 13.2 Å². The molecule has 1 saturated heterocycles. The molecule has 0 saturated carbocycles. The molecule has 1 fully saturated rings. The number of piperidine rings is 1. The van der Waals surface area contributed by atoms with Crippen molar-refractivity contribution < 1.29 is 17.9 Å². The number of nitrogens with zero attached hydrogens (tertiary/aromatic N) is 1. The highest BCUT2D eigenvalue weighted by molar-refractivity contribution is 7.88. The van der Waals surface area contributed by atoms with Gasteiger partial charge in [-0.1, -0.05) is 17.7 Å². The monoisotopic (exact) mass is 374 g/mol. The maximum Gasteiger partial charge on any atom is 0.263 e. The number of hydrogen-bond acceptors (Lipinski definition) is 4. The molecule has 0 spiro atoms. The fourth-order valence-corrected chi connectivity index (χ4v) is 3.72. The molecule has 1 aromatic carbocycles. The molecule has 1 N–H and O–H groups in total. The van der Waals surface area contributed by atoms with Gasteiger partial charge in [-0.25, -0.2) is 13.1 Å². The van der Waals surface area contributed by atoms with Crippen molar-refractivity contribution in [1.29, 1.82) is 0 Å². The third-order valence-corrected chi connectivity index (χ3v) is 5.00. The van der Waals surface area contributed by atoms with Crippen LogP contribution in [0.1, 0.15) is 25.3 Å². The van der Waals surface area contributed by atoms with Gasteiger partial charge in [0.05, 0.1) is 11.3 Å². The van der Waals surface area contributed by atoms with Gasteiger partial charge in [-0.15, -0.1) is 0 Å². The van der Waals surface area contributed by atoms with Crippen molar-refractivity contribution in [2.45, 2.75) is 38.8 Å². The summed E-state index contributed by atoms with van der Waals surface area (Å²) >= 11 is 6.10. The fourth-order valence-electron chi connectivity index (χ4n) is 2.72. The minimum Gasteiger partial charge on any atom is -0.479 e. The van der Waals surface area contributed by atoms with Crippen molar-refractivity contribution in [3.05, 3.63) is 28.8 Å². The van der Waals surface area contributed by atoms with Crippen molar-refractivity contribution in [3.8, 4) is 5.75 Å². The lowest BCUT2D eigenvalue weighted by atomic mass is 10.1. The van der Waals surface area contributed by atoms with Gasteiger partial charge >= 0.3 is 0 Å². The molecule has 0 aromatic heterocycles. The van der Waals surface area contributed by atoms with Crippen LogP contribution in [0.3, 0.4) is 0 Å². The summed E-state index contributed by atoms with van der Waals surface area (Å²) in [5, 5.41) is 0.469. The van der Waals surface area contributed by atoms with Gasteiger partial charge in [0.15, 0.2) is 6.10 Å². The maximum absolute atomic E-state index is 12.5. The van der Waals surface area contributed by atoms with Crippen LogP contribution in [0.15, 0.2) is 18.2 Å². The van der Waals surface area contributed by atoms with E-state index in [-0.39, 0.29) is 11.9 Å². The van der Waals surface area contributed by atoms with Crippen molar-refractivity contribution in [2.24, 2.45) is 0 Å². The van der Waals surface area contributed by atoms with Crippen LogP contribution in [-0.2, 0) is 14.8 Å². The van der Waals surface area contributed by atoms with Crippen LogP contribution >= 0.6 is 11.6 Å². The number of benzene rings is 1. The summed E-state index contributed by atoms with van der Waals surface area (Å²) in [5.74, 6) is 0.372. The maximum atomic E-state index is 12.5. The second-order valence-electron chi connectivity index (χ2n) is 6.18. The largest absolute Gasteiger partial charge is 0.479 e. The van der Waals surface area contributed by atoms with E-state index in [1.165, 1.54) is 0 Å². The van der Waals surface area contributed by atoms with Crippen molar-refractivity contribution >= 4 is 27.5 Å². The topological polar surface area (TPSA) is 75.7 Å². The lowest BCUT2D eigenvalue weighted by Crippen LogP contribution is -2.49. The molecule has 0 aliphatic carbocycles. The Morgan fingerprint density at radius 1 is 1.38 bits per heavy atom. The number of amides is 1. The Balaban J connectivity index is 1.91. The van der Waals surface area contributed by atoms with Gasteiger partial charge in [0.2, 0.25) is 10.0 Å². The summed E-state index contributed by atoms with van der Waals surface area (Å²) in [6.45, 7) is 4.62. The van der Waals surface area contributed by atoms with Crippen LogP contribution in [0, 0.1) is 6.92 Å². The standard InChI is InChI=1S/C16H23ClN2O4S/c1-11-4-5-14(17)15(10-11)23-12(2)16(20)19-8-6-13(7-9-19)18-24(3,21)22/h4-5,10,12-13,18H,6-9H2,1-3H3. The number of likely N-dealkylation sites (tertiary alicyclic amines) is 1. The van der Waals surface area contributed by atoms with Gasteiger partial charge in [0.1, 0.15) is 5.75 Å². The second-order valence-corrected chi connectivity index (χ2v) is 8.37. The van der Waals surface area contributed by atoms with E-state index >= 15 is 0 Å². The predicted molar refractivity (Wildman–Crippen MR) is 93.9 cm³/mol. The van der Waals surface area contributed by atoms with E-state index in [4.69, 9.17) is 16.3 Å². The minimum absolute atomic E-state index is 0.119. The number of carbonyl (C=O) groups is 1. The molecule has 24 heavy (non-hydrogen) atoms. The smallest absolute Gasteiger partial charge is 0.263 e. The van der Waals surface area contributed by atoms with Crippen molar-refractivity contribution in [2.75, 3.05) is 19.3 Å². The summed E-state index contributed by atoms with van der Waals surface area (Å²) < 4.78 is 30.8. The van der Waals surface area contributed by atoms with Crippen molar-refractivity contribution in [1.82, 2.24) is 9.62 Å². The number of hydrogen-bond donors (Lipinski definition) is 1. The van der Waals surface area contributed by atoms with Crippen LogP contribution in [0.2, 0.25) is 5.02 Å². The normalized spacial score (nSPS) is 17.6. The summed E-state index contributed by atoms with van der Waals surface area (Å²) in [7, 11) is -3.22. The Bertz CT molecular complexity index is 700. The summed E-state index contributed by atoms with van der Waals surface area (Å²) in [6, 6.07) is 5.30. The summed E-state index contributed by atoms with van der Waals surface area (Å²) in [6.07, 6.45) is 1.68. The summed E-state index contributed by atoms with van der Waals surface area (Å²) in [5.41, 5.74) is 1.00. The molecule has 0 bridgehead atoms. The Morgan fingerprint density at radius 3 is 2.58 bits per heavy atom. The van der Waals surface area contributed by atoms with Crippen LogP contribution in [-0.4, -0.2) is 50.7 Å². The molecule has 134 valence electrons. The Kier molecular flexibility index (Phi) is 6.11. The number of halogens is 1. The highest BCUT2D eigenvalue weighted by atomic mass is 35.5. The minimum atomic E-state index is -3.22. The molecule has 1 aromatic rings. The van der Waals surface area contributed by atoms with E-state index in [1.54, 1.807) is 24.0 Å². The SMILES string of the molecule is Cc1ccc(Cl)c(OC(C)C(=O)N2CCC(NS(C)(=O)=O)CC2)c1. The summed E-state index contributed by atoms with van der Waals surface area (Å²) in [4.78, 5) is 14.2. The zero-order chi connectivity index (χ0) is 17.9. The van der Waals surface area contributed by atoms with Gasteiger partial charge in [-0.05, 0) is 44.4 Å². The molecule has 1 unspecified atom stereocenters. The molecular weight excluding hydrogens is 352 g/mol. The number of ether oxygens (including phenoxy) is 1. The predicted octanol–water partition coefficient (Wildman–Crippen LogP) is 1.96. The van der Waals surface area contributed by atoms with E-state index in [0.29, 0.717) is 36.7 Å². The highest BCUT2D eigenvalue weighted by Crippen LogP contribution is 2.26. The number of sulfonamides is 1. The van der Waals surface area contributed by atoms with Gasteiger partial charge in [0.25, 0.3) is 5.91 Å². The van der Waals surface area contributed by atoms with Gasteiger partial charge < -0.3 is 9.64 Å².